The maximum absolute atomic E-state index is 11.8. The Morgan fingerprint density at radius 3 is 3.00 bits per heavy atom. The standard InChI is InChI=1S/C11H21NO3/c1-2-3-4-6-12-7-9-15-10(5-8-13)11(12)14/h10,13H,2-9H2,1H3. The fourth-order valence-corrected chi connectivity index (χ4v) is 1.79. The number of morpholine rings is 1. The van der Waals surface area contributed by atoms with Gasteiger partial charge in [-0.1, -0.05) is 19.8 Å². The van der Waals surface area contributed by atoms with Crippen molar-refractivity contribution in [2.45, 2.75) is 38.7 Å². The molecular weight excluding hydrogens is 194 g/mol. The number of aliphatic hydroxyl groups excluding tert-OH is 1. The Morgan fingerprint density at radius 1 is 1.53 bits per heavy atom. The first kappa shape index (κ1) is 12.5. The first-order valence-corrected chi connectivity index (χ1v) is 5.80. The van der Waals surface area contributed by atoms with Gasteiger partial charge in [-0.25, -0.2) is 0 Å². The fourth-order valence-electron chi connectivity index (χ4n) is 1.79. The summed E-state index contributed by atoms with van der Waals surface area (Å²) in [6, 6.07) is 0. The molecule has 0 bridgehead atoms. The molecule has 0 aromatic carbocycles. The Bertz CT molecular complexity index is 194. The third kappa shape index (κ3) is 3.80. The second kappa shape index (κ2) is 6.80. The van der Waals surface area contributed by atoms with E-state index in [1.165, 1.54) is 6.42 Å². The summed E-state index contributed by atoms with van der Waals surface area (Å²) in [5.74, 6) is 0.0476. The first-order chi connectivity index (χ1) is 7.29. The summed E-state index contributed by atoms with van der Waals surface area (Å²) < 4.78 is 5.32. The van der Waals surface area contributed by atoms with Crippen LogP contribution in [-0.4, -0.2) is 48.3 Å². The summed E-state index contributed by atoms with van der Waals surface area (Å²) in [5.41, 5.74) is 0. The third-order valence-corrected chi connectivity index (χ3v) is 2.69. The van der Waals surface area contributed by atoms with Gasteiger partial charge in [-0.15, -0.1) is 0 Å². The molecule has 4 nitrogen and oxygen atoms in total. The molecule has 1 aliphatic heterocycles. The summed E-state index contributed by atoms with van der Waals surface area (Å²) in [6.45, 7) is 4.29. The van der Waals surface area contributed by atoms with E-state index >= 15 is 0 Å². The van der Waals surface area contributed by atoms with E-state index < -0.39 is 6.10 Å². The molecule has 0 radical (unpaired) electrons. The van der Waals surface area contributed by atoms with E-state index in [1.807, 2.05) is 4.90 Å². The van der Waals surface area contributed by atoms with Crippen LogP contribution >= 0.6 is 0 Å². The van der Waals surface area contributed by atoms with Crippen molar-refractivity contribution in [3.05, 3.63) is 0 Å². The van der Waals surface area contributed by atoms with Crippen LogP contribution in [0.3, 0.4) is 0 Å². The van der Waals surface area contributed by atoms with Crippen LogP contribution in [0.25, 0.3) is 0 Å². The molecular formula is C11H21NO3. The number of carbonyl (C=O) groups excluding carboxylic acids is 1. The van der Waals surface area contributed by atoms with Gasteiger partial charge >= 0.3 is 0 Å². The molecule has 0 aromatic heterocycles. The van der Waals surface area contributed by atoms with Gasteiger partial charge in [0.25, 0.3) is 5.91 Å². The fraction of sp³-hybridized carbons (Fsp3) is 0.909. The first-order valence-electron chi connectivity index (χ1n) is 5.80. The number of unbranched alkanes of at least 4 members (excludes halogenated alkanes) is 2. The van der Waals surface area contributed by atoms with Crippen LogP contribution in [-0.2, 0) is 9.53 Å². The summed E-state index contributed by atoms with van der Waals surface area (Å²) in [6.07, 6.45) is 3.40. The lowest BCUT2D eigenvalue weighted by Gasteiger charge is -2.32. The molecule has 1 unspecified atom stereocenters. The van der Waals surface area contributed by atoms with Gasteiger partial charge in [-0.2, -0.15) is 0 Å². The van der Waals surface area contributed by atoms with Gasteiger partial charge in [0, 0.05) is 26.1 Å². The molecule has 1 aliphatic rings. The SMILES string of the molecule is CCCCCN1CCOC(CCO)C1=O. The predicted octanol–water partition coefficient (Wildman–Crippen LogP) is 0.786. The highest BCUT2D eigenvalue weighted by Crippen LogP contribution is 2.11. The number of nitrogens with zero attached hydrogens (tertiary/aromatic N) is 1. The van der Waals surface area contributed by atoms with Crippen LogP contribution in [0.15, 0.2) is 0 Å². The van der Waals surface area contributed by atoms with E-state index in [0.29, 0.717) is 19.6 Å². The Kier molecular flexibility index (Phi) is 5.65. The molecule has 15 heavy (non-hydrogen) atoms. The second-order valence-corrected chi connectivity index (χ2v) is 3.90. The van der Waals surface area contributed by atoms with E-state index in [-0.39, 0.29) is 12.5 Å². The van der Waals surface area contributed by atoms with E-state index in [1.54, 1.807) is 0 Å². The zero-order valence-corrected chi connectivity index (χ0v) is 9.45. The lowest BCUT2D eigenvalue weighted by molar-refractivity contribution is -0.154. The van der Waals surface area contributed by atoms with E-state index in [4.69, 9.17) is 9.84 Å². The highest BCUT2D eigenvalue weighted by molar-refractivity contribution is 5.81. The number of hydrogen-bond donors (Lipinski definition) is 1. The Labute approximate surface area is 91.2 Å². The van der Waals surface area contributed by atoms with Crippen molar-refractivity contribution >= 4 is 5.91 Å². The zero-order valence-electron chi connectivity index (χ0n) is 9.45. The topological polar surface area (TPSA) is 49.8 Å². The van der Waals surface area contributed by atoms with Crippen molar-refractivity contribution in [3.63, 3.8) is 0 Å². The molecule has 0 spiro atoms. The molecule has 1 fully saturated rings. The number of carbonyl (C=O) groups is 1. The minimum atomic E-state index is -0.412. The molecule has 1 rings (SSSR count). The molecule has 1 saturated heterocycles. The maximum Gasteiger partial charge on any atom is 0.251 e. The van der Waals surface area contributed by atoms with Gasteiger partial charge in [0.15, 0.2) is 0 Å². The van der Waals surface area contributed by atoms with Crippen molar-refractivity contribution in [3.8, 4) is 0 Å². The molecule has 1 atom stereocenters. The van der Waals surface area contributed by atoms with Crippen LogP contribution in [0.4, 0.5) is 0 Å². The Hall–Kier alpha value is -0.610. The zero-order chi connectivity index (χ0) is 11.1. The molecule has 0 saturated carbocycles. The van der Waals surface area contributed by atoms with Crippen molar-refractivity contribution in [2.24, 2.45) is 0 Å². The summed E-state index contributed by atoms with van der Waals surface area (Å²) in [5, 5.41) is 8.79. The van der Waals surface area contributed by atoms with Gasteiger partial charge in [0.05, 0.1) is 6.61 Å². The molecule has 1 amide bonds. The van der Waals surface area contributed by atoms with Crippen LogP contribution in [0, 0.1) is 0 Å². The quantitative estimate of drug-likeness (QED) is 0.666. The average molecular weight is 215 g/mol. The predicted molar refractivity (Wildman–Crippen MR) is 57.5 cm³/mol. The monoisotopic (exact) mass is 215 g/mol. The van der Waals surface area contributed by atoms with E-state index in [9.17, 15) is 4.79 Å². The smallest absolute Gasteiger partial charge is 0.251 e. The maximum atomic E-state index is 11.8. The summed E-state index contributed by atoms with van der Waals surface area (Å²) >= 11 is 0. The van der Waals surface area contributed by atoms with Crippen LogP contribution in [0.1, 0.15) is 32.6 Å². The number of amides is 1. The highest BCUT2D eigenvalue weighted by Gasteiger charge is 2.28. The molecule has 88 valence electrons. The molecule has 1 N–H and O–H groups in total. The van der Waals surface area contributed by atoms with E-state index in [0.717, 1.165) is 19.4 Å². The van der Waals surface area contributed by atoms with Gasteiger partial charge in [0.2, 0.25) is 0 Å². The lowest BCUT2D eigenvalue weighted by atomic mass is 10.1. The lowest BCUT2D eigenvalue weighted by Crippen LogP contribution is -2.48. The van der Waals surface area contributed by atoms with Crippen molar-refractivity contribution in [1.82, 2.24) is 4.90 Å². The number of aliphatic hydroxyl groups is 1. The molecule has 0 aliphatic carbocycles. The summed E-state index contributed by atoms with van der Waals surface area (Å²) in [7, 11) is 0. The summed E-state index contributed by atoms with van der Waals surface area (Å²) in [4.78, 5) is 13.7. The van der Waals surface area contributed by atoms with Gasteiger partial charge < -0.3 is 14.7 Å². The van der Waals surface area contributed by atoms with Gasteiger partial charge in [-0.3, -0.25) is 4.79 Å². The van der Waals surface area contributed by atoms with Crippen molar-refractivity contribution in [1.29, 1.82) is 0 Å². The van der Waals surface area contributed by atoms with Crippen LogP contribution in [0.2, 0.25) is 0 Å². The van der Waals surface area contributed by atoms with Gasteiger partial charge in [-0.05, 0) is 6.42 Å². The van der Waals surface area contributed by atoms with Crippen molar-refractivity contribution < 1.29 is 14.6 Å². The minimum Gasteiger partial charge on any atom is -0.396 e. The second-order valence-electron chi connectivity index (χ2n) is 3.90. The van der Waals surface area contributed by atoms with E-state index in [2.05, 4.69) is 6.92 Å². The number of ether oxygens (including phenoxy) is 1. The minimum absolute atomic E-state index is 0.0131. The number of rotatable bonds is 6. The molecule has 4 heteroatoms. The Morgan fingerprint density at radius 2 is 2.33 bits per heavy atom. The molecule has 1 heterocycles. The average Bonchev–Trinajstić information content (AvgIpc) is 2.24. The highest BCUT2D eigenvalue weighted by atomic mass is 16.5. The normalized spacial score (nSPS) is 22.1. The van der Waals surface area contributed by atoms with Crippen LogP contribution in [0.5, 0.6) is 0 Å². The third-order valence-electron chi connectivity index (χ3n) is 2.69. The largest absolute Gasteiger partial charge is 0.396 e. The van der Waals surface area contributed by atoms with Crippen molar-refractivity contribution in [2.75, 3.05) is 26.3 Å². The van der Waals surface area contributed by atoms with Crippen LogP contribution < -0.4 is 0 Å². The Balaban J connectivity index is 2.33. The van der Waals surface area contributed by atoms with Gasteiger partial charge in [0.1, 0.15) is 6.10 Å². The molecule has 0 aromatic rings. The number of hydrogen-bond acceptors (Lipinski definition) is 3.